The third-order valence-electron chi connectivity index (χ3n) is 2.51. The first-order chi connectivity index (χ1) is 9.22. The number of aliphatic imine (C=N–C) groups is 1. The number of furan rings is 1. The van der Waals surface area contributed by atoms with E-state index in [9.17, 15) is 4.79 Å². The first-order valence-electron chi connectivity index (χ1n) is 5.54. The molecule has 0 bridgehead atoms. The molecule has 0 fully saturated rings. The lowest BCUT2D eigenvalue weighted by Gasteiger charge is -1.99. The highest BCUT2D eigenvalue weighted by atomic mass is 79.9. The van der Waals surface area contributed by atoms with Crippen molar-refractivity contribution in [2.75, 3.05) is 0 Å². The molecule has 0 N–H and O–H groups in total. The zero-order valence-corrected chi connectivity index (χ0v) is 11.3. The van der Waals surface area contributed by atoms with Crippen molar-refractivity contribution in [3.63, 3.8) is 0 Å². The van der Waals surface area contributed by atoms with Crippen LogP contribution in [0.5, 0.6) is 0 Å². The van der Waals surface area contributed by atoms with Gasteiger partial charge in [0.2, 0.25) is 5.90 Å². The van der Waals surface area contributed by atoms with Gasteiger partial charge in [0, 0.05) is 16.1 Å². The van der Waals surface area contributed by atoms with Gasteiger partial charge in [-0.25, -0.2) is 9.79 Å². The molecule has 0 aliphatic carbocycles. The molecule has 0 saturated carbocycles. The van der Waals surface area contributed by atoms with Gasteiger partial charge in [-0.2, -0.15) is 0 Å². The molecular formula is C14H8BrNO3. The lowest BCUT2D eigenvalue weighted by atomic mass is 10.2. The number of rotatable bonds is 2. The van der Waals surface area contributed by atoms with Gasteiger partial charge >= 0.3 is 5.97 Å². The van der Waals surface area contributed by atoms with Crippen LogP contribution in [0, 0.1) is 0 Å². The summed E-state index contributed by atoms with van der Waals surface area (Å²) in [5, 5.41) is 0. The van der Waals surface area contributed by atoms with Crippen molar-refractivity contribution in [2.45, 2.75) is 0 Å². The van der Waals surface area contributed by atoms with Crippen LogP contribution < -0.4 is 0 Å². The van der Waals surface area contributed by atoms with Gasteiger partial charge in [0.1, 0.15) is 5.76 Å². The molecule has 1 aromatic carbocycles. The third-order valence-corrected chi connectivity index (χ3v) is 3.01. The third kappa shape index (κ3) is 2.51. The Labute approximate surface area is 117 Å². The van der Waals surface area contributed by atoms with Crippen LogP contribution in [0.1, 0.15) is 11.3 Å². The second-order valence-corrected chi connectivity index (χ2v) is 4.78. The van der Waals surface area contributed by atoms with Gasteiger partial charge < -0.3 is 9.15 Å². The van der Waals surface area contributed by atoms with E-state index in [0.29, 0.717) is 11.7 Å². The number of esters is 1. The smallest absolute Gasteiger partial charge is 0.363 e. The number of hydrogen-bond donors (Lipinski definition) is 0. The van der Waals surface area contributed by atoms with E-state index in [2.05, 4.69) is 20.9 Å². The summed E-state index contributed by atoms with van der Waals surface area (Å²) in [4.78, 5) is 15.9. The van der Waals surface area contributed by atoms with Crippen LogP contribution in [0.25, 0.3) is 6.08 Å². The second-order valence-electron chi connectivity index (χ2n) is 3.86. The van der Waals surface area contributed by atoms with E-state index in [1.165, 1.54) is 6.26 Å². The standard InChI is InChI=1S/C14H8BrNO3/c15-10-4-1-3-9(7-10)13-16-12(14(17)19-13)8-11-5-2-6-18-11/h1-8H/b12-8+. The van der Waals surface area contributed by atoms with Crippen LogP contribution in [0.3, 0.4) is 0 Å². The number of nitrogens with zero attached hydrogens (tertiary/aromatic N) is 1. The number of hydrogen-bond acceptors (Lipinski definition) is 4. The molecule has 0 spiro atoms. The fourth-order valence-corrected chi connectivity index (χ4v) is 2.06. The lowest BCUT2D eigenvalue weighted by Crippen LogP contribution is -2.05. The van der Waals surface area contributed by atoms with Gasteiger partial charge in [-0.15, -0.1) is 0 Å². The Balaban J connectivity index is 1.95. The second kappa shape index (κ2) is 4.85. The number of cyclic esters (lactones) is 1. The van der Waals surface area contributed by atoms with Crippen LogP contribution >= 0.6 is 15.9 Å². The average molecular weight is 318 g/mol. The van der Waals surface area contributed by atoms with Crippen LogP contribution in [0.15, 0.2) is 62.2 Å². The highest BCUT2D eigenvalue weighted by Crippen LogP contribution is 2.21. The molecule has 2 heterocycles. The van der Waals surface area contributed by atoms with Gasteiger partial charge in [0.05, 0.1) is 6.26 Å². The summed E-state index contributed by atoms with van der Waals surface area (Å²) in [6.45, 7) is 0. The normalized spacial score (nSPS) is 16.6. The predicted octanol–water partition coefficient (Wildman–Crippen LogP) is 3.39. The first kappa shape index (κ1) is 11.9. The van der Waals surface area contributed by atoms with Crippen molar-refractivity contribution in [1.82, 2.24) is 0 Å². The predicted molar refractivity (Wildman–Crippen MR) is 73.5 cm³/mol. The van der Waals surface area contributed by atoms with E-state index in [1.54, 1.807) is 18.2 Å². The quantitative estimate of drug-likeness (QED) is 0.630. The number of benzene rings is 1. The largest absolute Gasteiger partial charge is 0.465 e. The average Bonchev–Trinajstić information content (AvgIpc) is 3.01. The fourth-order valence-electron chi connectivity index (χ4n) is 1.66. The summed E-state index contributed by atoms with van der Waals surface area (Å²) in [7, 11) is 0. The number of carbonyl (C=O) groups excluding carboxylic acids is 1. The van der Waals surface area contributed by atoms with Gasteiger partial charge in [-0.05, 0) is 30.3 Å². The Morgan fingerprint density at radius 3 is 2.84 bits per heavy atom. The molecule has 5 heteroatoms. The van der Waals surface area contributed by atoms with Gasteiger partial charge in [-0.1, -0.05) is 22.0 Å². The summed E-state index contributed by atoms with van der Waals surface area (Å²) >= 11 is 3.36. The maximum atomic E-state index is 11.7. The molecule has 19 heavy (non-hydrogen) atoms. The maximum absolute atomic E-state index is 11.7. The summed E-state index contributed by atoms with van der Waals surface area (Å²) < 4.78 is 11.2. The monoisotopic (exact) mass is 317 g/mol. The van der Waals surface area contributed by atoms with Crippen molar-refractivity contribution in [1.29, 1.82) is 0 Å². The zero-order chi connectivity index (χ0) is 13.2. The van der Waals surface area contributed by atoms with Crippen LogP contribution in [0.4, 0.5) is 0 Å². The van der Waals surface area contributed by atoms with Crippen molar-refractivity contribution in [2.24, 2.45) is 4.99 Å². The number of halogens is 1. The summed E-state index contributed by atoms with van der Waals surface area (Å²) in [6.07, 6.45) is 3.08. The Hall–Kier alpha value is -2.14. The van der Waals surface area contributed by atoms with E-state index in [4.69, 9.17) is 9.15 Å². The van der Waals surface area contributed by atoms with Crippen molar-refractivity contribution < 1.29 is 13.9 Å². The van der Waals surface area contributed by atoms with Gasteiger partial charge in [0.25, 0.3) is 0 Å². The molecule has 2 aromatic rings. The summed E-state index contributed by atoms with van der Waals surface area (Å²) in [6, 6.07) is 10.9. The SMILES string of the molecule is O=C1OC(c2cccc(Br)c2)=N/C1=C/c1ccco1. The topological polar surface area (TPSA) is 51.8 Å². The first-order valence-corrected chi connectivity index (χ1v) is 6.34. The molecule has 0 unspecified atom stereocenters. The molecule has 0 amide bonds. The fraction of sp³-hybridized carbons (Fsp3) is 0. The van der Waals surface area contributed by atoms with E-state index in [0.717, 1.165) is 10.0 Å². The minimum atomic E-state index is -0.480. The van der Waals surface area contributed by atoms with Crippen LogP contribution in [0.2, 0.25) is 0 Å². The Bertz CT molecular complexity index is 686. The van der Waals surface area contributed by atoms with Crippen molar-refractivity contribution in [3.05, 3.63) is 64.2 Å². The lowest BCUT2D eigenvalue weighted by molar-refractivity contribution is -0.129. The van der Waals surface area contributed by atoms with Gasteiger partial charge in [-0.3, -0.25) is 0 Å². The molecule has 94 valence electrons. The van der Waals surface area contributed by atoms with E-state index in [1.807, 2.05) is 24.3 Å². The highest BCUT2D eigenvalue weighted by molar-refractivity contribution is 9.10. The molecular weight excluding hydrogens is 310 g/mol. The molecule has 3 rings (SSSR count). The van der Waals surface area contributed by atoms with E-state index < -0.39 is 5.97 Å². The number of ether oxygens (including phenoxy) is 1. The maximum Gasteiger partial charge on any atom is 0.363 e. The van der Waals surface area contributed by atoms with Crippen LogP contribution in [-0.2, 0) is 9.53 Å². The summed E-state index contributed by atoms with van der Waals surface area (Å²) in [5.41, 5.74) is 0.968. The molecule has 0 atom stereocenters. The molecule has 1 aromatic heterocycles. The molecule has 0 saturated heterocycles. The minimum Gasteiger partial charge on any atom is -0.465 e. The minimum absolute atomic E-state index is 0.227. The van der Waals surface area contributed by atoms with Crippen LogP contribution in [-0.4, -0.2) is 11.9 Å². The number of carbonyl (C=O) groups is 1. The molecule has 1 aliphatic heterocycles. The van der Waals surface area contributed by atoms with Crippen molar-refractivity contribution in [3.8, 4) is 0 Å². The zero-order valence-electron chi connectivity index (χ0n) is 9.67. The molecule has 4 nitrogen and oxygen atoms in total. The Kier molecular flexibility index (Phi) is 3.05. The van der Waals surface area contributed by atoms with E-state index >= 15 is 0 Å². The molecule has 0 radical (unpaired) electrons. The van der Waals surface area contributed by atoms with Crippen molar-refractivity contribution >= 4 is 33.9 Å². The Morgan fingerprint density at radius 1 is 1.21 bits per heavy atom. The summed E-state index contributed by atoms with van der Waals surface area (Å²) in [5.74, 6) is 0.377. The van der Waals surface area contributed by atoms with E-state index in [-0.39, 0.29) is 5.70 Å². The highest BCUT2D eigenvalue weighted by Gasteiger charge is 2.24. The Morgan fingerprint density at radius 2 is 2.11 bits per heavy atom. The van der Waals surface area contributed by atoms with Gasteiger partial charge in [0.15, 0.2) is 5.70 Å². The molecule has 1 aliphatic rings.